The summed E-state index contributed by atoms with van der Waals surface area (Å²) >= 11 is 5.96. The molecule has 0 saturated heterocycles. The van der Waals surface area contributed by atoms with Crippen molar-refractivity contribution in [3.05, 3.63) is 58.9 Å². The molecule has 6 heteroatoms. The topological polar surface area (TPSA) is 67.0 Å². The second-order valence-corrected chi connectivity index (χ2v) is 5.57. The lowest BCUT2D eigenvalue weighted by atomic mass is 10.1. The van der Waals surface area contributed by atoms with E-state index in [1.807, 2.05) is 36.5 Å². The Kier molecular flexibility index (Phi) is 4.48. The van der Waals surface area contributed by atoms with E-state index in [1.54, 1.807) is 13.3 Å². The minimum Gasteiger partial charge on any atom is -0.481 e. The Morgan fingerprint density at radius 1 is 1.35 bits per heavy atom. The molecule has 1 amide bonds. The third kappa shape index (κ3) is 3.46. The Labute approximate surface area is 138 Å². The number of amides is 1. The fourth-order valence-corrected chi connectivity index (χ4v) is 2.65. The second kappa shape index (κ2) is 6.71. The monoisotopic (exact) mass is 329 g/mol. The number of hydrogen-bond donors (Lipinski definition) is 2. The van der Waals surface area contributed by atoms with E-state index >= 15 is 0 Å². The van der Waals surface area contributed by atoms with Crippen LogP contribution in [0.5, 0.6) is 5.88 Å². The van der Waals surface area contributed by atoms with Gasteiger partial charge in [0.1, 0.15) is 0 Å². The SMILES string of the molecule is COc1ncccc1CNC(=O)Cc1c[nH]c2cc(Cl)ccc12. The van der Waals surface area contributed by atoms with Gasteiger partial charge in [0.25, 0.3) is 0 Å². The summed E-state index contributed by atoms with van der Waals surface area (Å²) in [6.07, 6.45) is 3.79. The first-order valence-corrected chi connectivity index (χ1v) is 7.55. The van der Waals surface area contributed by atoms with Crippen molar-refractivity contribution < 1.29 is 9.53 Å². The van der Waals surface area contributed by atoms with Gasteiger partial charge in [-0.15, -0.1) is 0 Å². The third-order valence-corrected chi connectivity index (χ3v) is 3.83. The first-order chi connectivity index (χ1) is 11.2. The Hall–Kier alpha value is -2.53. The van der Waals surface area contributed by atoms with Gasteiger partial charge in [0.2, 0.25) is 11.8 Å². The van der Waals surface area contributed by atoms with Crippen LogP contribution in [0.3, 0.4) is 0 Å². The molecule has 0 unspecified atom stereocenters. The highest BCUT2D eigenvalue weighted by Gasteiger charge is 2.10. The average molecular weight is 330 g/mol. The Balaban J connectivity index is 1.67. The predicted molar refractivity (Wildman–Crippen MR) is 89.6 cm³/mol. The molecule has 0 aliphatic carbocycles. The molecule has 0 bridgehead atoms. The molecule has 2 aromatic heterocycles. The van der Waals surface area contributed by atoms with Crippen molar-refractivity contribution in [2.24, 2.45) is 0 Å². The lowest BCUT2D eigenvalue weighted by Gasteiger charge is -2.08. The van der Waals surface area contributed by atoms with Crippen LogP contribution in [0.2, 0.25) is 5.02 Å². The van der Waals surface area contributed by atoms with Crippen LogP contribution < -0.4 is 10.1 Å². The molecule has 3 rings (SSSR count). The van der Waals surface area contributed by atoms with Gasteiger partial charge in [-0.3, -0.25) is 4.79 Å². The van der Waals surface area contributed by atoms with Gasteiger partial charge in [-0.1, -0.05) is 23.7 Å². The average Bonchev–Trinajstić information content (AvgIpc) is 2.95. The van der Waals surface area contributed by atoms with Gasteiger partial charge in [0, 0.05) is 40.4 Å². The van der Waals surface area contributed by atoms with E-state index < -0.39 is 0 Å². The summed E-state index contributed by atoms with van der Waals surface area (Å²) in [5.74, 6) is 0.460. The standard InChI is InChI=1S/C17H16ClN3O2/c1-23-17-11(3-2-6-19-17)9-21-16(22)7-12-10-20-15-8-13(18)4-5-14(12)15/h2-6,8,10,20H,7,9H2,1H3,(H,21,22). The summed E-state index contributed by atoms with van der Waals surface area (Å²) < 4.78 is 5.17. The van der Waals surface area contributed by atoms with Gasteiger partial charge in [0.05, 0.1) is 13.5 Å². The van der Waals surface area contributed by atoms with E-state index in [0.29, 0.717) is 23.9 Å². The maximum absolute atomic E-state index is 12.2. The Morgan fingerprint density at radius 3 is 3.04 bits per heavy atom. The summed E-state index contributed by atoms with van der Waals surface area (Å²) in [5.41, 5.74) is 2.70. The number of nitrogens with zero attached hydrogens (tertiary/aromatic N) is 1. The molecule has 2 heterocycles. The van der Waals surface area contributed by atoms with Crippen molar-refractivity contribution in [1.82, 2.24) is 15.3 Å². The van der Waals surface area contributed by atoms with Crippen LogP contribution in [0.1, 0.15) is 11.1 Å². The minimum atomic E-state index is -0.0632. The highest BCUT2D eigenvalue weighted by Crippen LogP contribution is 2.22. The molecule has 5 nitrogen and oxygen atoms in total. The van der Waals surface area contributed by atoms with Crippen LogP contribution in [-0.2, 0) is 17.8 Å². The van der Waals surface area contributed by atoms with Crippen molar-refractivity contribution in [1.29, 1.82) is 0 Å². The number of pyridine rings is 1. The molecular formula is C17H16ClN3O2. The van der Waals surface area contributed by atoms with E-state index in [1.165, 1.54) is 0 Å². The number of H-pyrrole nitrogens is 1. The quantitative estimate of drug-likeness (QED) is 0.756. The molecule has 0 spiro atoms. The maximum Gasteiger partial charge on any atom is 0.224 e. The van der Waals surface area contributed by atoms with Crippen molar-refractivity contribution in [3.63, 3.8) is 0 Å². The summed E-state index contributed by atoms with van der Waals surface area (Å²) in [5, 5.41) is 4.56. The second-order valence-electron chi connectivity index (χ2n) is 5.13. The summed E-state index contributed by atoms with van der Waals surface area (Å²) in [7, 11) is 1.56. The number of methoxy groups -OCH3 is 1. The zero-order valence-corrected chi connectivity index (χ0v) is 13.4. The zero-order chi connectivity index (χ0) is 16.2. The fourth-order valence-electron chi connectivity index (χ4n) is 2.48. The molecule has 0 aliphatic heterocycles. The number of aromatic nitrogens is 2. The van der Waals surface area contributed by atoms with E-state index in [2.05, 4.69) is 15.3 Å². The van der Waals surface area contributed by atoms with E-state index in [4.69, 9.17) is 16.3 Å². The molecule has 0 radical (unpaired) electrons. The predicted octanol–water partition coefficient (Wildman–Crippen LogP) is 3.08. The first-order valence-electron chi connectivity index (χ1n) is 7.17. The molecule has 118 valence electrons. The zero-order valence-electron chi connectivity index (χ0n) is 12.6. The number of nitrogens with one attached hydrogen (secondary N) is 2. The number of ether oxygens (including phenoxy) is 1. The highest BCUT2D eigenvalue weighted by molar-refractivity contribution is 6.31. The molecule has 0 atom stereocenters. The smallest absolute Gasteiger partial charge is 0.224 e. The summed E-state index contributed by atoms with van der Waals surface area (Å²) in [6.45, 7) is 0.379. The number of benzene rings is 1. The number of carbonyl (C=O) groups excluding carboxylic acids is 1. The van der Waals surface area contributed by atoms with E-state index in [9.17, 15) is 4.79 Å². The fraction of sp³-hybridized carbons (Fsp3) is 0.176. The van der Waals surface area contributed by atoms with Crippen molar-refractivity contribution in [2.75, 3.05) is 7.11 Å². The number of fused-ring (bicyclic) bond motifs is 1. The summed E-state index contributed by atoms with van der Waals surface area (Å²) in [6, 6.07) is 9.27. The summed E-state index contributed by atoms with van der Waals surface area (Å²) in [4.78, 5) is 19.4. The number of halogens is 1. The lowest BCUT2D eigenvalue weighted by Crippen LogP contribution is -2.24. The molecule has 0 fully saturated rings. The third-order valence-electron chi connectivity index (χ3n) is 3.60. The largest absolute Gasteiger partial charge is 0.481 e. The number of hydrogen-bond acceptors (Lipinski definition) is 3. The maximum atomic E-state index is 12.2. The van der Waals surface area contributed by atoms with Crippen molar-refractivity contribution in [3.8, 4) is 5.88 Å². The van der Waals surface area contributed by atoms with Gasteiger partial charge in [-0.2, -0.15) is 0 Å². The minimum absolute atomic E-state index is 0.0632. The van der Waals surface area contributed by atoms with Crippen LogP contribution in [0.15, 0.2) is 42.7 Å². The Bertz CT molecular complexity index is 845. The molecule has 0 aliphatic rings. The number of aromatic amines is 1. The first kappa shape index (κ1) is 15.4. The molecule has 23 heavy (non-hydrogen) atoms. The molecule has 2 N–H and O–H groups in total. The van der Waals surface area contributed by atoms with Crippen LogP contribution in [0.4, 0.5) is 0 Å². The molecule has 1 aromatic carbocycles. The highest BCUT2D eigenvalue weighted by atomic mass is 35.5. The molecule has 0 saturated carbocycles. The Morgan fingerprint density at radius 2 is 2.22 bits per heavy atom. The van der Waals surface area contributed by atoms with Crippen LogP contribution in [0, 0.1) is 0 Å². The van der Waals surface area contributed by atoms with Crippen LogP contribution in [-0.4, -0.2) is 23.0 Å². The van der Waals surface area contributed by atoms with E-state index in [0.717, 1.165) is 22.0 Å². The van der Waals surface area contributed by atoms with Gasteiger partial charge >= 0.3 is 0 Å². The normalized spacial score (nSPS) is 10.7. The van der Waals surface area contributed by atoms with Crippen LogP contribution >= 0.6 is 11.6 Å². The van der Waals surface area contributed by atoms with Crippen molar-refractivity contribution in [2.45, 2.75) is 13.0 Å². The van der Waals surface area contributed by atoms with Gasteiger partial charge in [-0.25, -0.2) is 4.98 Å². The van der Waals surface area contributed by atoms with Gasteiger partial charge in [-0.05, 0) is 23.8 Å². The van der Waals surface area contributed by atoms with Crippen molar-refractivity contribution >= 4 is 28.4 Å². The number of rotatable bonds is 5. The molecule has 3 aromatic rings. The van der Waals surface area contributed by atoms with Crippen LogP contribution in [0.25, 0.3) is 10.9 Å². The van der Waals surface area contributed by atoms with Gasteiger partial charge < -0.3 is 15.0 Å². The molecular weight excluding hydrogens is 314 g/mol. The van der Waals surface area contributed by atoms with E-state index in [-0.39, 0.29) is 5.91 Å². The van der Waals surface area contributed by atoms with Gasteiger partial charge in [0.15, 0.2) is 0 Å². The number of carbonyl (C=O) groups is 1. The lowest BCUT2D eigenvalue weighted by molar-refractivity contribution is -0.120.